The molecular formula is C11H14N2O3. The summed E-state index contributed by atoms with van der Waals surface area (Å²) in [6, 6.07) is 5.03. The van der Waals surface area contributed by atoms with E-state index in [1.54, 1.807) is 18.2 Å². The standard InChI is InChI=1S/C11H14N2O3/c1-2-3-8-16-11(15)10(14)13-9-6-4-5-7-12-9/h4-7H,2-3,8H2,1H3,(H,12,13,14). The number of carbonyl (C=O) groups is 2. The zero-order valence-electron chi connectivity index (χ0n) is 9.10. The van der Waals surface area contributed by atoms with Crippen molar-refractivity contribution < 1.29 is 14.3 Å². The summed E-state index contributed by atoms with van der Waals surface area (Å²) in [5.41, 5.74) is 0. The van der Waals surface area contributed by atoms with Gasteiger partial charge in [-0.1, -0.05) is 19.4 Å². The number of rotatable bonds is 4. The largest absolute Gasteiger partial charge is 0.459 e. The highest BCUT2D eigenvalue weighted by Gasteiger charge is 2.15. The fourth-order valence-electron chi connectivity index (χ4n) is 0.979. The average Bonchev–Trinajstić information content (AvgIpc) is 2.30. The maximum absolute atomic E-state index is 11.3. The van der Waals surface area contributed by atoms with Crippen LogP contribution in [0.15, 0.2) is 24.4 Å². The number of hydrogen-bond acceptors (Lipinski definition) is 4. The number of carbonyl (C=O) groups excluding carboxylic acids is 2. The maximum Gasteiger partial charge on any atom is 0.397 e. The molecule has 0 saturated carbocycles. The van der Waals surface area contributed by atoms with Gasteiger partial charge >= 0.3 is 11.9 Å². The van der Waals surface area contributed by atoms with Crippen LogP contribution in [0.25, 0.3) is 0 Å². The van der Waals surface area contributed by atoms with Crippen LogP contribution in [-0.2, 0) is 14.3 Å². The second-order valence-electron chi connectivity index (χ2n) is 3.16. The van der Waals surface area contributed by atoms with Crippen molar-refractivity contribution in [3.8, 4) is 0 Å². The van der Waals surface area contributed by atoms with Crippen molar-refractivity contribution in [2.45, 2.75) is 19.8 Å². The molecule has 1 aromatic heterocycles. The van der Waals surface area contributed by atoms with Crippen molar-refractivity contribution >= 4 is 17.7 Å². The van der Waals surface area contributed by atoms with E-state index in [9.17, 15) is 9.59 Å². The number of ether oxygens (including phenoxy) is 1. The smallest absolute Gasteiger partial charge is 0.397 e. The molecule has 0 radical (unpaired) electrons. The molecule has 0 aliphatic rings. The lowest BCUT2D eigenvalue weighted by Gasteiger charge is -2.04. The molecule has 0 aliphatic heterocycles. The Hall–Kier alpha value is -1.91. The molecule has 1 N–H and O–H groups in total. The summed E-state index contributed by atoms with van der Waals surface area (Å²) in [5, 5.41) is 2.34. The molecule has 86 valence electrons. The summed E-state index contributed by atoms with van der Waals surface area (Å²) in [4.78, 5) is 26.3. The first-order chi connectivity index (χ1) is 7.74. The van der Waals surface area contributed by atoms with Gasteiger partial charge in [-0.15, -0.1) is 0 Å². The van der Waals surface area contributed by atoms with Gasteiger partial charge in [0, 0.05) is 6.20 Å². The Morgan fingerprint density at radius 3 is 2.88 bits per heavy atom. The lowest BCUT2D eigenvalue weighted by molar-refractivity contribution is -0.152. The Labute approximate surface area is 93.8 Å². The Morgan fingerprint density at radius 1 is 1.44 bits per heavy atom. The minimum atomic E-state index is -0.876. The zero-order chi connectivity index (χ0) is 11.8. The fraction of sp³-hybridized carbons (Fsp3) is 0.364. The van der Waals surface area contributed by atoms with Crippen molar-refractivity contribution in [2.24, 2.45) is 0 Å². The molecule has 0 atom stereocenters. The predicted molar refractivity (Wildman–Crippen MR) is 58.7 cm³/mol. The van der Waals surface area contributed by atoms with Crippen molar-refractivity contribution in [1.82, 2.24) is 4.98 Å². The summed E-state index contributed by atoms with van der Waals surface area (Å²) < 4.78 is 4.74. The third-order valence-electron chi connectivity index (χ3n) is 1.82. The van der Waals surface area contributed by atoms with Crippen LogP contribution >= 0.6 is 0 Å². The van der Waals surface area contributed by atoms with Crippen molar-refractivity contribution in [2.75, 3.05) is 11.9 Å². The van der Waals surface area contributed by atoms with Crippen LogP contribution in [0.1, 0.15) is 19.8 Å². The van der Waals surface area contributed by atoms with E-state index in [0.29, 0.717) is 5.82 Å². The maximum atomic E-state index is 11.3. The Balaban J connectivity index is 2.38. The van der Waals surface area contributed by atoms with Crippen molar-refractivity contribution in [3.05, 3.63) is 24.4 Å². The molecule has 5 heteroatoms. The summed E-state index contributed by atoms with van der Waals surface area (Å²) in [5.74, 6) is -1.34. The van der Waals surface area contributed by atoms with Crippen molar-refractivity contribution in [1.29, 1.82) is 0 Å². The van der Waals surface area contributed by atoms with Crippen LogP contribution in [0.3, 0.4) is 0 Å². The molecule has 0 saturated heterocycles. The van der Waals surface area contributed by atoms with E-state index in [2.05, 4.69) is 10.3 Å². The minimum Gasteiger partial charge on any atom is -0.459 e. The fourth-order valence-corrected chi connectivity index (χ4v) is 0.979. The first-order valence-corrected chi connectivity index (χ1v) is 5.13. The van der Waals surface area contributed by atoms with E-state index in [4.69, 9.17) is 4.74 Å². The molecule has 0 aliphatic carbocycles. The lowest BCUT2D eigenvalue weighted by Crippen LogP contribution is -2.25. The Kier molecular flexibility index (Phi) is 4.98. The summed E-state index contributed by atoms with van der Waals surface area (Å²) in [6.45, 7) is 2.24. The zero-order valence-corrected chi connectivity index (χ0v) is 9.10. The topological polar surface area (TPSA) is 68.3 Å². The van der Waals surface area contributed by atoms with E-state index >= 15 is 0 Å². The molecule has 0 aromatic carbocycles. The van der Waals surface area contributed by atoms with E-state index in [1.165, 1.54) is 6.20 Å². The second-order valence-corrected chi connectivity index (χ2v) is 3.16. The van der Waals surface area contributed by atoms with Gasteiger partial charge in [0.15, 0.2) is 0 Å². The molecule has 0 bridgehead atoms. The van der Waals surface area contributed by atoms with Gasteiger partial charge in [0.2, 0.25) is 0 Å². The number of anilines is 1. The number of esters is 1. The normalized spacial score (nSPS) is 9.56. The van der Waals surface area contributed by atoms with Gasteiger partial charge < -0.3 is 10.1 Å². The van der Waals surface area contributed by atoms with Gasteiger partial charge in [-0.25, -0.2) is 9.78 Å². The van der Waals surface area contributed by atoms with Crippen LogP contribution in [0.2, 0.25) is 0 Å². The van der Waals surface area contributed by atoms with Crippen molar-refractivity contribution in [3.63, 3.8) is 0 Å². The van der Waals surface area contributed by atoms with Gasteiger partial charge in [-0.2, -0.15) is 0 Å². The van der Waals surface area contributed by atoms with E-state index < -0.39 is 11.9 Å². The number of nitrogens with zero attached hydrogens (tertiary/aromatic N) is 1. The highest BCUT2D eigenvalue weighted by molar-refractivity contribution is 6.37. The molecule has 1 rings (SSSR count). The Morgan fingerprint density at radius 2 is 2.25 bits per heavy atom. The molecule has 16 heavy (non-hydrogen) atoms. The highest BCUT2D eigenvalue weighted by Crippen LogP contribution is 2.00. The van der Waals surface area contributed by atoms with Gasteiger partial charge in [-0.05, 0) is 18.6 Å². The van der Waals surface area contributed by atoms with E-state index in [-0.39, 0.29) is 6.61 Å². The number of pyridine rings is 1. The molecule has 1 heterocycles. The summed E-state index contributed by atoms with van der Waals surface area (Å²) >= 11 is 0. The molecule has 5 nitrogen and oxygen atoms in total. The highest BCUT2D eigenvalue weighted by atomic mass is 16.5. The molecule has 0 fully saturated rings. The third kappa shape index (κ3) is 4.08. The first-order valence-electron chi connectivity index (χ1n) is 5.13. The third-order valence-corrected chi connectivity index (χ3v) is 1.82. The molecule has 0 unspecified atom stereocenters. The molecule has 1 aromatic rings. The van der Waals surface area contributed by atoms with Crippen LogP contribution in [0.4, 0.5) is 5.82 Å². The van der Waals surface area contributed by atoms with Gasteiger partial charge in [0.05, 0.1) is 6.61 Å². The number of hydrogen-bond donors (Lipinski definition) is 1. The predicted octanol–water partition coefficient (Wildman–Crippen LogP) is 1.36. The SMILES string of the molecule is CCCCOC(=O)C(=O)Nc1ccccn1. The minimum absolute atomic E-state index is 0.269. The second kappa shape index (κ2) is 6.55. The van der Waals surface area contributed by atoms with Crippen LogP contribution in [0, 0.1) is 0 Å². The number of unbranched alkanes of at least 4 members (excludes halogenated alkanes) is 1. The average molecular weight is 222 g/mol. The van der Waals surface area contributed by atoms with Crippen LogP contribution in [-0.4, -0.2) is 23.5 Å². The monoisotopic (exact) mass is 222 g/mol. The number of amides is 1. The van der Waals surface area contributed by atoms with E-state index in [1.807, 2.05) is 6.92 Å². The summed E-state index contributed by atoms with van der Waals surface area (Å²) in [7, 11) is 0. The number of nitrogens with one attached hydrogen (secondary N) is 1. The van der Waals surface area contributed by atoms with Crippen LogP contribution < -0.4 is 5.32 Å². The van der Waals surface area contributed by atoms with Gasteiger partial charge in [0.1, 0.15) is 5.82 Å². The first kappa shape index (κ1) is 12.2. The van der Waals surface area contributed by atoms with E-state index in [0.717, 1.165) is 12.8 Å². The van der Waals surface area contributed by atoms with Gasteiger partial charge in [-0.3, -0.25) is 4.79 Å². The number of aromatic nitrogens is 1. The van der Waals surface area contributed by atoms with Gasteiger partial charge in [0.25, 0.3) is 0 Å². The molecule has 0 spiro atoms. The Bertz CT molecular complexity index is 352. The summed E-state index contributed by atoms with van der Waals surface area (Å²) in [6.07, 6.45) is 3.19. The molecule has 1 amide bonds. The lowest BCUT2D eigenvalue weighted by atomic mass is 10.4. The van der Waals surface area contributed by atoms with Crippen LogP contribution in [0.5, 0.6) is 0 Å². The molecular weight excluding hydrogens is 208 g/mol. The quantitative estimate of drug-likeness (QED) is 0.474.